The SMILES string of the molecule is CN1Cc2c(Cl)ncnc2NC(=O)C1Cc1ccccc1. The van der Waals surface area contributed by atoms with Crippen molar-refractivity contribution in [3.05, 3.63) is 52.9 Å². The summed E-state index contributed by atoms with van der Waals surface area (Å²) in [6.45, 7) is 0.533. The zero-order valence-corrected chi connectivity index (χ0v) is 12.3. The van der Waals surface area contributed by atoms with Gasteiger partial charge in [0, 0.05) is 12.1 Å². The van der Waals surface area contributed by atoms with Crippen LogP contribution >= 0.6 is 11.6 Å². The first-order chi connectivity index (χ1) is 10.1. The molecule has 1 aliphatic rings. The first-order valence-electron chi connectivity index (χ1n) is 6.69. The van der Waals surface area contributed by atoms with Crippen LogP contribution in [-0.2, 0) is 17.8 Å². The number of fused-ring (bicyclic) bond motifs is 1. The van der Waals surface area contributed by atoms with Crippen molar-refractivity contribution in [2.75, 3.05) is 12.4 Å². The lowest BCUT2D eigenvalue weighted by Gasteiger charge is -2.24. The molecule has 0 bridgehead atoms. The lowest BCUT2D eigenvalue weighted by Crippen LogP contribution is -2.41. The maximum Gasteiger partial charge on any atom is 0.243 e. The van der Waals surface area contributed by atoms with Crippen LogP contribution in [0.3, 0.4) is 0 Å². The number of amides is 1. The zero-order chi connectivity index (χ0) is 14.8. The number of aromatic nitrogens is 2. The summed E-state index contributed by atoms with van der Waals surface area (Å²) in [7, 11) is 1.91. The molecule has 0 aliphatic carbocycles. The minimum Gasteiger partial charge on any atom is -0.309 e. The average Bonchev–Trinajstić information content (AvgIpc) is 2.60. The number of rotatable bonds is 2. The molecule has 3 rings (SSSR count). The van der Waals surface area contributed by atoms with Crippen LogP contribution in [0.4, 0.5) is 5.82 Å². The van der Waals surface area contributed by atoms with E-state index >= 15 is 0 Å². The van der Waals surface area contributed by atoms with Gasteiger partial charge in [0.2, 0.25) is 5.91 Å². The molecule has 0 radical (unpaired) electrons. The highest BCUT2D eigenvalue weighted by Gasteiger charge is 2.29. The molecule has 5 nitrogen and oxygen atoms in total. The molecule has 6 heteroatoms. The molecule has 108 valence electrons. The molecule has 2 heterocycles. The van der Waals surface area contributed by atoms with Gasteiger partial charge in [0.15, 0.2) is 0 Å². The first-order valence-corrected chi connectivity index (χ1v) is 7.07. The van der Waals surface area contributed by atoms with Crippen LogP contribution < -0.4 is 5.32 Å². The smallest absolute Gasteiger partial charge is 0.243 e. The molecule has 1 aromatic carbocycles. The van der Waals surface area contributed by atoms with Gasteiger partial charge >= 0.3 is 0 Å². The van der Waals surface area contributed by atoms with Gasteiger partial charge in [-0.3, -0.25) is 9.69 Å². The summed E-state index contributed by atoms with van der Waals surface area (Å²) in [5.41, 5.74) is 1.87. The molecule has 0 saturated heterocycles. The van der Waals surface area contributed by atoms with Crippen molar-refractivity contribution in [2.45, 2.75) is 19.0 Å². The summed E-state index contributed by atoms with van der Waals surface area (Å²) in [6, 6.07) is 9.68. The molecular weight excluding hydrogens is 288 g/mol. The number of hydrogen-bond acceptors (Lipinski definition) is 4. The van der Waals surface area contributed by atoms with Gasteiger partial charge in [-0.2, -0.15) is 0 Å². The average molecular weight is 303 g/mol. The Hall–Kier alpha value is -1.98. The summed E-state index contributed by atoms with van der Waals surface area (Å²) in [5, 5.41) is 3.23. The van der Waals surface area contributed by atoms with Crippen molar-refractivity contribution < 1.29 is 4.79 Å². The van der Waals surface area contributed by atoms with Crippen molar-refractivity contribution in [3.8, 4) is 0 Å². The zero-order valence-electron chi connectivity index (χ0n) is 11.6. The van der Waals surface area contributed by atoms with E-state index in [1.807, 2.05) is 42.3 Å². The highest BCUT2D eigenvalue weighted by atomic mass is 35.5. The third-order valence-corrected chi connectivity index (χ3v) is 3.97. The Bertz CT molecular complexity index is 662. The summed E-state index contributed by atoms with van der Waals surface area (Å²) >= 11 is 6.11. The van der Waals surface area contributed by atoms with E-state index in [4.69, 9.17) is 11.6 Å². The standard InChI is InChI=1S/C15H15ClN4O/c1-20-8-11-13(16)17-9-18-14(11)19-15(21)12(20)7-10-5-3-2-4-6-10/h2-6,9,12H,7-8H2,1H3,(H,17,18,19,21). The van der Waals surface area contributed by atoms with Crippen LogP contribution in [-0.4, -0.2) is 33.9 Å². The molecule has 1 amide bonds. The summed E-state index contributed by atoms with van der Waals surface area (Å²) in [4.78, 5) is 22.5. The highest BCUT2D eigenvalue weighted by molar-refractivity contribution is 6.30. The van der Waals surface area contributed by atoms with Gasteiger partial charge in [-0.1, -0.05) is 41.9 Å². The van der Waals surface area contributed by atoms with E-state index in [-0.39, 0.29) is 11.9 Å². The fraction of sp³-hybridized carbons (Fsp3) is 0.267. The van der Waals surface area contributed by atoms with Crippen molar-refractivity contribution in [3.63, 3.8) is 0 Å². The van der Waals surface area contributed by atoms with Gasteiger partial charge in [0.25, 0.3) is 0 Å². The summed E-state index contributed by atoms with van der Waals surface area (Å²) in [5.74, 6) is 0.428. The molecule has 0 spiro atoms. The van der Waals surface area contributed by atoms with E-state index in [0.29, 0.717) is 23.9 Å². The monoisotopic (exact) mass is 302 g/mol. The normalized spacial score (nSPS) is 18.8. The number of carbonyl (C=O) groups is 1. The second-order valence-electron chi connectivity index (χ2n) is 5.10. The Morgan fingerprint density at radius 2 is 2.10 bits per heavy atom. The van der Waals surface area contributed by atoms with Crippen LogP contribution in [0, 0.1) is 0 Å². The molecule has 0 fully saturated rings. The van der Waals surface area contributed by atoms with E-state index in [0.717, 1.165) is 11.1 Å². The minimum atomic E-state index is -0.266. The quantitative estimate of drug-likeness (QED) is 0.863. The van der Waals surface area contributed by atoms with Crippen molar-refractivity contribution in [1.82, 2.24) is 14.9 Å². The molecule has 1 aliphatic heterocycles. The Labute approximate surface area is 128 Å². The predicted octanol–water partition coefficient (Wildman–Crippen LogP) is 2.13. The Kier molecular flexibility index (Phi) is 3.86. The molecule has 1 atom stereocenters. The van der Waals surface area contributed by atoms with Gasteiger partial charge in [-0.25, -0.2) is 9.97 Å². The number of likely N-dealkylation sites (N-methyl/N-ethyl adjacent to an activating group) is 1. The van der Waals surface area contributed by atoms with Crippen LogP contribution in [0.25, 0.3) is 0 Å². The van der Waals surface area contributed by atoms with Gasteiger partial charge < -0.3 is 5.32 Å². The van der Waals surface area contributed by atoms with Crippen LogP contribution in [0.5, 0.6) is 0 Å². The molecule has 1 unspecified atom stereocenters. The Morgan fingerprint density at radius 3 is 2.86 bits per heavy atom. The number of anilines is 1. The maximum absolute atomic E-state index is 12.4. The largest absolute Gasteiger partial charge is 0.309 e. The van der Waals surface area contributed by atoms with Crippen molar-refractivity contribution >= 4 is 23.3 Å². The molecule has 0 saturated carbocycles. The number of nitrogens with one attached hydrogen (secondary N) is 1. The fourth-order valence-corrected chi connectivity index (χ4v) is 2.68. The lowest BCUT2D eigenvalue weighted by atomic mass is 10.0. The molecular formula is C15H15ClN4O. The van der Waals surface area contributed by atoms with Crippen LogP contribution in [0.2, 0.25) is 5.15 Å². The number of nitrogens with zero attached hydrogens (tertiary/aromatic N) is 3. The van der Waals surface area contributed by atoms with Gasteiger partial charge in [0.1, 0.15) is 17.3 Å². The number of benzene rings is 1. The molecule has 1 N–H and O–H groups in total. The van der Waals surface area contributed by atoms with Gasteiger partial charge in [0.05, 0.1) is 6.04 Å². The van der Waals surface area contributed by atoms with Crippen molar-refractivity contribution in [1.29, 1.82) is 0 Å². The first kappa shape index (κ1) is 14.0. The van der Waals surface area contributed by atoms with Crippen LogP contribution in [0.15, 0.2) is 36.7 Å². The molecule has 21 heavy (non-hydrogen) atoms. The summed E-state index contributed by atoms with van der Waals surface area (Å²) < 4.78 is 0. The van der Waals surface area contributed by atoms with E-state index in [2.05, 4.69) is 15.3 Å². The Morgan fingerprint density at radius 1 is 1.33 bits per heavy atom. The second-order valence-corrected chi connectivity index (χ2v) is 5.46. The van der Waals surface area contributed by atoms with Crippen molar-refractivity contribution in [2.24, 2.45) is 0 Å². The summed E-state index contributed by atoms with van der Waals surface area (Å²) in [6.07, 6.45) is 2.00. The Balaban J connectivity index is 1.88. The van der Waals surface area contributed by atoms with E-state index in [9.17, 15) is 4.79 Å². The molecule has 2 aromatic rings. The van der Waals surface area contributed by atoms with Crippen LogP contribution in [0.1, 0.15) is 11.1 Å². The number of halogens is 1. The topological polar surface area (TPSA) is 58.1 Å². The lowest BCUT2D eigenvalue weighted by molar-refractivity contribution is -0.120. The number of hydrogen-bond donors (Lipinski definition) is 1. The minimum absolute atomic E-state index is 0.0742. The second kappa shape index (κ2) is 5.79. The van der Waals surface area contributed by atoms with E-state index < -0.39 is 0 Å². The van der Waals surface area contributed by atoms with Gasteiger partial charge in [-0.15, -0.1) is 0 Å². The fourth-order valence-electron chi connectivity index (χ4n) is 2.48. The predicted molar refractivity (Wildman–Crippen MR) is 81.1 cm³/mol. The highest BCUT2D eigenvalue weighted by Crippen LogP contribution is 2.26. The molecule has 1 aromatic heterocycles. The maximum atomic E-state index is 12.4. The van der Waals surface area contributed by atoms with E-state index in [1.165, 1.54) is 6.33 Å². The van der Waals surface area contributed by atoms with E-state index in [1.54, 1.807) is 0 Å². The number of carbonyl (C=O) groups excluding carboxylic acids is 1. The van der Waals surface area contributed by atoms with Gasteiger partial charge in [-0.05, 0) is 19.0 Å². The third-order valence-electron chi connectivity index (χ3n) is 3.65. The third kappa shape index (κ3) is 2.89.